The first-order valence-electron chi connectivity index (χ1n) is 7.13. The molecule has 4 atom stereocenters. The molecule has 0 aromatic heterocycles. The molecule has 0 radical (unpaired) electrons. The molecule has 23 heavy (non-hydrogen) atoms. The van der Waals surface area contributed by atoms with Crippen molar-refractivity contribution in [3.63, 3.8) is 0 Å². The molecule has 0 bridgehead atoms. The van der Waals surface area contributed by atoms with Crippen LogP contribution >= 0.6 is 0 Å². The number of nitrogens with two attached hydrogens (primary N) is 1. The summed E-state index contributed by atoms with van der Waals surface area (Å²) in [5.74, 6) is -0.157. The van der Waals surface area contributed by atoms with Crippen LogP contribution in [-0.2, 0) is 16.1 Å². The first kappa shape index (κ1) is 19.5. The predicted octanol–water partition coefficient (Wildman–Crippen LogP) is -1.47. The van der Waals surface area contributed by atoms with E-state index in [1.807, 2.05) is 0 Å². The maximum absolute atomic E-state index is 11.1. The minimum absolute atomic E-state index is 0.0235. The van der Waals surface area contributed by atoms with E-state index in [4.69, 9.17) is 20.3 Å². The van der Waals surface area contributed by atoms with E-state index in [2.05, 4.69) is 0 Å². The zero-order valence-corrected chi connectivity index (χ0v) is 12.8. The zero-order valence-electron chi connectivity index (χ0n) is 12.8. The molecule has 1 aromatic carbocycles. The van der Waals surface area contributed by atoms with Gasteiger partial charge in [0.15, 0.2) is 0 Å². The van der Waals surface area contributed by atoms with Gasteiger partial charge in [-0.3, -0.25) is 4.79 Å². The molecule has 1 rings (SSSR count). The van der Waals surface area contributed by atoms with Gasteiger partial charge < -0.3 is 35.6 Å². The lowest BCUT2D eigenvalue weighted by Gasteiger charge is -2.28. The van der Waals surface area contributed by atoms with E-state index in [9.17, 15) is 20.1 Å². The van der Waals surface area contributed by atoms with E-state index in [0.29, 0.717) is 11.3 Å². The van der Waals surface area contributed by atoms with Crippen molar-refractivity contribution in [1.82, 2.24) is 0 Å². The van der Waals surface area contributed by atoms with Crippen molar-refractivity contribution in [2.45, 2.75) is 37.9 Å². The first-order valence-corrected chi connectivity index (χ1v) is 7.13. The molecule has 0 saturated heterocycles. The Morgan fingerprint density at radius 2 is 1.87 bits per heavy atom. The Balaban J connectivity index is 2.73. The molecule has 0 spiro atoms. The maximum Gasteiger partial charge on any atom is 0.308 e. The normalized spacial score (nSPS) is 16.4. The average Bonchev–Trinajstić information content (AvgIpc) is 2.54. The predicted molar refractivity (Wildman–Crippen MR) is 80.5 cm³/mol. The number of para-hydroxylation sites is 1. The third kappa shape index (κ3) is 5.87. The van der Waals surface area contributed by atoms with Gasteiger partial charge in [0.2, 0.25) is 0 Å². The van der Waals surface area contributed by atoms with Crippen LogP contribution in [0.1, 0.15) is 12.5 Å². The number of rotatable bonds is 9. The van der Waals surface area contributed by atoms with Crippen LogP contribution in [-0.4, -0.2) is 64.0 Å². The monoisotopic (exact) mass is 329 g/mol. The molecule has 0 heterocycles. The molecular weight excluding hydrogens is 306 g/mol. The van der Waals surface area contributed by atoms with Crippen molar-refractivity contribution in [1.29, 1.82) is 0 Å². The highest BCUT2D eigenvalue weighted by Gasteiger charge is 2.31. The summed E-state index contributed by atoms with van der Waals surface area (Å²) in [6.07, 6.45) is -5.56. The molecule has 0 aliphatic rings. The van der Waals surface area contributed by atoms with Gasteiger partial charge in [0.1, 0.15) is 24.1 Å². The number of benzene rings is 1. The summed E-state index contributed by atoms with van der Waals surface area (Å²) in [6.45, 7) is 0.429. The molecule has 8 nitrogen and oxygen atoms in total. The fraction of sp³-hybridized carbons (Fsp3) is 0.533. The Labute approximate surface area is 134 Å². The van der Waals surface area contributed by atoms with Crippen molar-refractivity contribution < 1.29 is 34.7 Å². The summed E-state index contributed by atoms with van der Waals surface area (Å²) >= 11 is 0. The fourth-order valence-electron chi connectivity index (χ4n) is 1.94. The van der Waals surface area contributed by atoms with Gasteiger partial charge in [-0.05, 0) is 6.07 Å². The lowest BCUT2D eigenvalue weighted by molar-refractivity contribution is -0.133. The molecule has 130 valence electrons. The minimum atomic E-state index is -1.60. The van der Waals surface area contributed by atoms with Crippen LogP contribution in [0.15, 0.2) is 24.3 Å². The van der Waals surface area contributed by atoms with Crippen LogP contribution in [0, 0.1) is 0 Å². The topological polar surface area (TPSA) is 142 Å². The van der Waals surface area contributed by atoms with E-state index in [0.717, 1.165) is 0 Å². The zero-order chi connectivity index (χ0) is 17.4. The van der Waals surface area contributed by atoms with Gasteiger partial charge in [-0.15, -0.1) is 0 Å². The highest BCUT2D eigenvalue weighted by atomic mass is 16.5. The third-order valence-corrected chi connectivity index (χ3v) is 3.22. The summed E-state index contributed by atoms with van der Waals surface area (Å²) in [5.41, 5.74) is 6.07. The number of hydrogen-bond acceptors (Lipinski definition) is 8. The summed E-state index contributed by atoms with van der Waals surface area (Å²) in [6, 6.07) is 6.69. The van der Waals surface area contributed by atoms with Crippen LogP contribution in [0.2, 0.25) is 0 Å². The van der Waals surface area contributed by atoms with Gasteiger partial charge >= 0.3 is 5.97 Å². The van der Waals surface area contributed by atoms with Crippen LogP contribution < -0.4 is 10.5 Å². The SMILES string of the molecule is CC(=O)Oc1ccccc1CO[C@@H](CN)[C@@H](O)[C@H](O)[C@H](O)CO. The van der Waals surface area contributed by atoms with Crippen molar-refractivity contribution in [3.8, 4) is 5.75 Å². The van der Waals surface area contributed by atoms with Crippen molar-refractivity contribution >= 4 is 5.97 Å². The molecule has 0 amide bonds. The van der Waals surface area contributed by atoms with Gasteiger partial charge in [0.25, 0.3) is 0 Å². The van der Waals surface area contributed by atoms with Crippen molar-refractivity contribution in [2.75, 3.05) is 13.2 Å². The maximum atomic E-state index is 11.1. The largest absolute Gasteiger partial charge is 0.426 e. The second kappa shape index (κ2) is 9.56. The number of hydrogen-bond donors (Lipinski definition) is 5. The van der Waals surface area contributed by atoms with E-state index < -0.39 is 37.0 Å². The Kier molecular flexibility index (Phi) is 8.10. The first-order chi connectivity index (χ1) is 10.9. The Bertz CT molecular complexity index is 496. The summed E-state index contributed by atoms with van der Waals surface area (Å²) in [4.78, 5) is 11.1. The Morgan fingerprint density at radius 3 is 2.43 bits per heavy atom. The lowest BCUT2D eigenvalue weighted by atomic mass is 10.0. The highest BCUT2D eigenvalue weighted by molar-refractivity contribution is 5.69. The van der Waals surface area contributed by atoms with Gasteiger partial charge in [0.05, 0.1) is 19.3 Å². The number of ether oxygens (including phenoxy) is 2. The molecule has 0 aliphatic heterocycles. The lowest BCUT2D eigenvalue weighted by Crippen LogP contribution is -2.49. The van der Waals surface area contributed by atoms with E-state index in [1.165, 1.54) is 6.92 Å². The molecule has 0 aliphatic carbocycles. The van der Waals surface area contributed by atoms with Crippen LogP contribution in [0.4, 0.5) is 0 Å². The molecule has 0 saturated carbocycles. The van der Waals surface area contributed by atoms with E-state index in [-0.39, 0.29) is 13.2 Å². The average molecular weight is 329 g/mol. The summed E-state index contributed by atoms with van der Waals surface area (Å²) in [5, 5.41) is 37.8. The summed E-state index contributed by atoms with van der Waals surface area (Å²) < 4.78 is 10.5. The molecule has 0 fully saturated rings. The standard InChI is InChI=1S/C15H23NO7/c1-9(18)23-12-5-3-2-4-10(12)8-22-13(6-16)15(21)14(20)11(19)7-17/h2-5,11,13-15,17,19-21H,6-8,16H2,1H3/t11-,13+,14-,15-/m1/s1. The van der Waals surface area contributed by atoms with Crippen LogP contribution in [0.5, 0.6) is 5.75 Å². The number of carbonyl (C=O) groups is 1. The minimum Gasteiger partial charge on any atom is -0.426 e. The Morgan fingerprint density at radius 1 is 1.22 bits per heavy atom. The molecule has 0 unspecified atom stereocenters. The Hall–Kier alpha value is -1.55. The number of esters is 1. The number of aliphatic hydroxyl groups is 4. The smallest absolute Gasteiger partial charge is 0.308 e. The van der Waals surface area contributed by atoms with Crippen LogP contribution in [0.3, 0.4) is 0 Å². The second-order valence-electron chi connectivity index (χ2n) is 5.02. The van der Waals surface area contributed by atoms with E-state index >= 15 is 0 Å². The van der Waals surface area contributed by atoms with Crippen LogP contribution in [0.25, 0.3) is 0 Å². The second-order valence-corrected chi connectivity index (χ2v) is 5.02. The van der Waals surface area contributed by atoms with Crippen molar-refractivity contribution in [3.05, 3.63) is 29.8 Å². The quantitative estimate of drug-likeness (QED) is 0.273. The van der Waals surface area contributed by atoms with Gasteiger partial charge in [-0.2, -0.15) is 0 Å². The highest BCUT2D eigenvalue weighted by Crippen LogP contribution is 2.20. The van der Waals surface area contributed by atoms with Gasteiger partial charge in [-0.25, -0.2) is 0 Å². The number of aliphatic hydroxyl groups excluding tert-OH is 4. The molecule has 6 N–H and O–H groups in total. The molecule has 1 aromatic rings. The van der Waals surface area contributed by atoms with E-state index in [1.54, 1.807) is 24.3 Å². The molecule has 8 heteroatoms. The van der Waals surface area contributed by atoms with Gasteiger partial charge in [0, 0.05) is 19.0 Å². The molecular formula is C15H23NO7. The third-order valence-electron chi connectivity index (χ3n) is 3.22. The van der Waals surface area contributed by atoms with Crippen molar-refractivity contribution in [2.24, 2.45) is 5.73 Å². The fourth-order valence-corrected chi connectivity index (χ4v) is 1.94. The van der Waals surface area contributed by atoms with Gasteiger partial charge in [-0.1, -0.05) is 18.2 Å². The number of carbonyl (C=O) groups excluding carboxylic acids is 1. The summed E-state index contributed by atoms with van der Waals surface area (Å²) in [7, 11) is 0.